The maximum atomic E-state index is 12.6. The Morgan fingerprint density at radius 3 is 2.26 bits per heavy atom. The van der Waals surface area contributed by atoms with Gasteiger partial charge in [-0.1, -0.05) is 12.1 Å². The Morgan fingerprint density at radius 2 is 1.71 bits per heavy atom. The summed E-state index contributed by atoms with van der Waals surface area (Å²) in [5.41, 5.74) is 0.608. The van der Waals surface area contributed by atoms with E-state index in [2.05, 4.69) is 10.3 Å². The number of hydrogen-bond acceptors (Lipinski definition) is 9. The topological polar surface area (TPSA) is 193 Å². The SMILES string of the molecule is CC(=O)NCc1ccc(Oc2ccc(N3C(=O)NS(=O)(=O)C34C(=O)NC(=O)NC4=O)cn2)cc1. The van der Waals surface area contributed by atoms with Crippen molar-refractivity contribution in [1.82, 2.24) is 25.7 Å². The molecule has 7 amide bonds. The molecule has 0 radical (unpaired) electrons. The van der Waals surface area contributed by atoms with Crippen molar-refractivity contribution in [2.75, 3.05) is 4.90 Å². The van der Waals surface area contributed by atoms with Crippen molar-refractivity contribution in [3.8, 4) is 11.6 Å². The van der Waals surface area contributed by atoms with Gasteiger partial charge in [0.25, 0.3) is 21.8 Å². The highest BCUT2D eigenvalue weighted by Gasteiger charge is 2.71. The molecule has 4 N–H and O–H groups in total. The van der Waals surface area contributed by atoms with Crippen molar-refractivity contribution in [3.05, 3.63) is 48.2 Å². The van der Waals surface area contributed by atoms with E-state index in [1.54, 1.807) is 39.6 Å². The van der Waals surface area contributed by atoms with Crippen LogP contribution in [0.4, 0.5) is 15.3 Å². The number of pyridine rings is 1. The van der Waals surface area contributed by atoms with Crippen LogP contribution in [0.1, 0.15) is 12.5 Å². The molecule has 176 valence electrons. The van der Waals surface area contributed by atoms with Crippen molar-refractivity contribution in [2.45, 2.75) is 18.3 Å². The summed E-state index contributed by atoms with van der Waals surface area (Å²) in [4.78, 5) is 61.2. The standard InChI is InChI=1S/C19H16N6O8S/c1-10(26)20-8-11-2-5-13(6-3-11)33-14-7-4-12(9-21-14)25-18(30)24-34(31,32)19(25)15(27)22-17(29)23-16(19)28/h2-7,9H,8H2,1H3,(H,20,26)(H,24,30)(H2,22,23,27,28,29). The van der Waals surface area contributed by atoms with Crippen LogP contribution in [0.25, 0.3) is 0 Å². The number of urea groups is 2. The van der Waals surface area contributed by atoms with Crippen LogP contribution in [-0.2, 0) is 31.0 Å². The minimum atomic E-state index is -4.89. The first-order chi connectivity index (χ1) is 16.0. The Labute approximate surface area is 191 Å². The van der Waals surface area contributed by atoms with E-state index < -0.39 is 38.8 Å². The zero-order valence-electron chi connectivity index (χ0n) is 17.3. The van der Waals surface area contributed by atoms with Gasteiger partial charge in [0.2, 0.25) is 11.8 Å². The van der Waals surface area contributed by atoms with E-state index in [1.165, 1.54) is 19.1 Å². The average molecular weight is 488 g/mol. The van der Waals surface area contributed by atoms with Crippen molar-refractivity contribution >= 4 is 45.5 Å². The van der Waals surface area contributed by atoms with Crippen molar-refractivity contribution in [2.24, 2.45) is 0 Å². The predicted octanol–water partition coefficient (Wildman–Crippen LogP) is -0.568. The number of amides is 7. The monoisotopic (exact) mass is 488 g/mol. The lowest BCUT2D eigenvalue weighted by molar-refractivity contribution is -0.133. The van der Waals surface area contributed by atoms with Crippen molar-refractivity contribution < 1.29 is 37.1 Å². The van der Waals surface area contributed by atoms with Gasteiger partial charge >= 0.3 is 16.9 Å². The van der Waals surface area contributed by atoms with Crippen LogP contribution in [0.15, 0.2) is 42.6 Å². The van der Waals surface area contributed by atoms with Crippen LogP contribution in [0.3, 0.4) is 0 Å². The minimum Gasteiger partial charge on any atom is -0.439 e. The summed E-state index contributed by atoms with van der Waals surface area (Å²) in [6, 6.07) is 6.72. The zero-order valence-corrected chi connectivity index (χ0v) is 18.1. The van der Waals surface area contributed by atoms with E-state index in [1.807, 2.05) is 0 Å². The van der Waals surface area contributed by atoms with Crippen LogP contribution in [-0.4, -0.2) is 48.1 Å². The fraction of sp³-hybridized carbons (Fsp3) is 0.158. The summed E-state index contributed by atoms with van der Waals surface area (Å²) < 4.78 is 32.4. The number of anilines is 1. The largest absolute Gasteiger partial charge is 0.439 e. The molecule has 3 heterocycles. The average Bonchev–Trinajstić information content (AvgIpc) is 2.97. The lowest BCUT2D eigenvalue weighted by atomic mass is 10.1. The first-order valence-electron chi connectivity index (χ1n) is 9.55. The van der Waals surface area contributed by atoms with Crippen LogP contribution in [0, 0.1) is 0 Å². The summed E-state index contributed by atoms with van der Waals surface area (Å²) in [6.07, 6.45) is 1.03. The summed E-state index contributed by atoms with van der Waals surface area (Å²) in [5, 5.41) is 6.04. The lowest BCUT2D eigenvalue weighted by Gasteiger charge is -2.34. The molecule has 34 heavy (non-hydrogen) atoms. The predicted molar refractivity (Wildman–Crippen MR) is 113 cm³/mol. The molecule has 2 saturated heterocycles. The molecule has 15 heteroatoms. The van der Waals surface area contributed by atoms with Gasteiger partial charge in [-0.05, 0) is 23.8 Å². The van der Waals surface area contributed by atoms with Crippen molar-refractivity contribution in [3.63, 3.8) is 0 Å². The van der Waals surface area contributed by atoms with Crippen molar-refractivity contribution in [1.29, 1.82) is 0 Å². The minimum absolute atomic E-state index is 0.0580. The quantitative estimate of drug-likeness (QED) is 0.399. The number of sulfonamides is 1. The number of barbiturate groups is 1. The van der Waals surface area contributed by atoms with Gasteiger partial charge in [-0.3, -0.25) is 29.9 Å². The summed E-state index contributed by atoms with van der Waals surface area (Å²) >= 11 is 0. The van der Waals surface area contributed by atoms with Gasteiger partial charge in [0.1, 0.15) is 5.75 Å². The molecule has 0 aliphatic carbocycles. The Morgan fingerprint density at radius 1 is 1.06 bits per heavy atom. The van der Waals surface area contributed by atoms with Gasteiger partial charge in [0.05, 0.1) is 11.9 Å². The Bertz CT molecular complexity index is 1300. The maximum absolute atomic E-state index is 12.6. The molecular formula is C19H16N6O8S. The number of rotatable bonds is 5. The molecule has 2 aliphatic rings. The Hall–Kier alpha value is -4.53. The molecule has 1 spiro atoms. The molecule has 2 fully saturated rings. The van der Waals surface area contributed by atoms with Crippen LogP contribution < -0.4 is 30.3 Å². The number of ether oxygens (including phenoxy) is 1. The van der Waals surface area contributed by atoms with Gasteiger partial charge in [0, 0.05) is 19.5 Å². The number of imide groups is 2. The molecule has 1 aromatic heterocycles. The highest BCUT2D eigenvalue weighted by atomic mass is 32.2. The summed E-state index contributed by atoms with van der Waals surface area (Å²) in [5.74, 6) is -2.74. The second kappa shape index (κ2) is 8.11. The molecule has 0 unspecified atom stereocenters. The molecule has 0 atom stereocenters. The first kappa shape index (κ1) is 22.7. The third-order valence-corrected chi connectivity index (χ3v) is 6.64. The zero-order chi connectivity index (χ0) is 24.7. The molecule has 0 bridgehead atoms. The molecule has 14 nitrogen and oxygen atoms in total. The molecule has 2 aromatic rings. The highest BCUT2D eigenvalue weighted by molar-refractivity contribution is 7.94. The number of carbonyl (C=O) groups is 5. The lowest BCUT2D eigenvalue weighted by Crippen LogP contribution is -2.74. The Kier molecular flexibility index (Phi) is 5.40. The third kappa shape index (κ3) is 3.66. The van der Waals surface area contributed by atoms with Gasteiger partial charge in [-0.2, -0.15) is 0 Å². The van der Waals surface area contributed by atoms with Crippen LogP contribution in [0.2, 0.25) is 0 Å². The van der Waals surface area contributed by atoms with Crippen LogP contribution >= 0.6 is 0 Å². The van der Waals surface area contributed by atoms with Crippen LogP contribution in [0.5, 0.6) is 11.6 Å². The van der Waals surface area contributed by atoms with E-state index in [4.69, 9.17) is 4.74 Å². The number of aromatic nitrogens is 1. The smallest absolute Gasteiger partial charge is 0.337 e. The number of hydrogen-bond donors (Lipinski definition) is 4. The fourth-order valence-electron chi connectivity index (χ4n) is 3.34. The second-order valence-electron chi connectivity index (χ2n) is 7.14. The summed E-state index contributed by atoms with van der Waals surface area (Å²) in [6.45, 7) is 1.75. The molecular weight excluding hydrogens is 472 g/mol. The molecule has 2 aliphatic heterocycles. The second-order valence-corrected chi connectivity index (χ2v) is 8.94. The number of nitrogens with one attached hydrogen (secondary N) is 4. The van der Waals surface area contributed by atoms with E-state index >= 15 is 0 Å². The van der Waals surface area contributed by atoms with Gasteiger partial charge < -0.3 is 10.1 Å². The number of nitrogens with zero attached hydrogens (tertiary/aromatic N) is 2. The highest BCUT2D eigenvalue weighted by Crippen LogP contribution is 2.36. The Balaban J connectivity index is 1.59. The molecule has 1 aromatic carbocycles. The van der Waals surface area contributed by atoms with Gasteiger partial charge in [-0.25, -0.2) is 27.7 Å². The first-order valence-corrected chi connectivity index (χ1v) is 11.0. The number of carbonyl (C=O) groups excluding carboxylic acids is 5. The van der Waals surface area contributed by atoms with Gasteiger partial charge in [0.15, 0.2) is 0 Å². The van der Waals surface area contributed by atoms with Gasteiger partial charge in [-0.15, -0.1) is 0 Å². The van der Waals surface area contributed by atoms with E-state index in [0.717, 1.165) is 11.8 Å². The summed E-state index contributed by atoms with van der Waals surface area (Å²) in [7, 11) is -4.89. The van der Waals surface area contributed by atoms with E-state index in [9.17, 15) is 32.4 Å². The van der Waals surface area contributed by atoms with E-state index in [0.29, 0.717) is 17.2 Å². The normalized spacial score (nSPS) is 18.2. The number of benzene rings is 1. The maximum Gasteiger partial charge on any atom is 0.337 e. The fourth-order valence-corrected chi connectivity index (χ4v) is 4.83. The molecule has 4 rings (SSSR count). The van der Waals surface area contributed by atoms with E-state index in [-0.39, 0.29) is 17.5 Å². The third-order valence-electron chi connectivity index (χ3n) is 4.86. The molecule has 0 saturated carbocycles.